The van der Waals surface area contributed by atoms with Gasteiger partial charge in [0.1, 0.15) is 5.60 Å². The van der Waals surface area contributed by atoms with Gasteiger partial charge in [-0.15, -0.1) is 0 Å². The van der Waals surface area contributed by atoms with Gasteiger partial charge in [-0.25, -0.2) is 9.59 Å². The molecule has 0 radical (unpaired) electrons. The number of nitrogens with zero attached hydrogens (tertiary/aromatic N) is 1. The first-order chi connectivity index (χ1) is 12.8. The quantitative estimate of drug-likeness (QED) is 0.718. The van der Waals surface area contributed by atoms with Crippen LogP contribution in [0.5, 0.6) is 0 Å². The van der Waals surface area contributed by atoms with Crippen LogP contribution in [0, 0.1) is 0 Å². The summed E-state index contributed by atoms with van der Waals surface area (Å²) in [4.78, 5) is 26.1. The van der Waals surface area contributed by atoms with Crippen molar-refractivity contribution < 1.29 is 19.1 Å². The molecule has 0 aromatic heterocycles. The van der Waals surface area contributed by atoms with Crippen LogP contribution in [0.25, 0.3) is 10.8 Å². The summed E-state index contributed by atoms with van der Waals surface area (Å²) in [6.07, 6.45) is 1.51. The zero-order valence-corrected chi connectivity index (χ0v) is 16.5. The minimum absolute atomic E-state index is 0.244. The Kier molecular flexibility index (Phi) is 5.40. The number of fused-ring (bicyclic) bond motifs is 1. The van der Waals surface area contributed by atoms with Crippen LogP contribution in [0.2, 0.25) is 0 Å². The molecule has 0 saturated carbocycles. The summed E-state index contributed by atoms with van der Waals surface area (Å²) in [6, 6.07) is 11.8. The Labute approximate surface area is 160 Å². The van der Waals surface area contributed by atoms with Crippen molar-refractivity contribution in [1.29, 1.82) is 0 Å². The van der Waals surface area contributed by atoms with Crippen LogP contribution < -0.4 is 0 Å². The highest BCUT2D eigenvalue weighted by molar-refractivity contribution is 6.05. The molecule has 3 rings (SSSR count). The van der Waals surface area contributed by atoms with Crippen LogP contribution in [0.1, 0.15) is 55.5 Å². The maximum atomic E-state index is 12.3. The standard InChI is InChI=1S/C22H27NO4/c1-22(2,3)27-21(25)23-13-11-15(12-14-23)16-7-5-9-18-17(16)8-6-10-19(18)20(24)26-4/h5-10,15H,11-14H2,1-4H3. The van der Waals surface area contributed by atoms with Gasteiger partial charge in [0.15, 0.2) is 0 Å². The first kappa shape index (κ1) is 19.2. The molecule has 0 aliphatic carbocycles. The van der Waals surface area contributed by atoms with E-state index in [-0.39, 0.29) is 12.1 Å². The first-order valence-electron chi connectivity index (χ1n) is 9.38. The van der Waals surface area contributed by atoms with Gasteiger partial charge >= 0.3 is 12.1 Å². The molecule has 0 N–H and O–H groups in total. The molecular weight excluding hydrogens is 342 g/mol. The molecule has 27 heavy (non-hydrogen) atoms. The fourth-order valence-corrected chi connectivity index (χ4v) is 3.68. The van der Waals surface area contributed by atoms with Gasteiger partial charge in [0.25, 0.3) is 0 Å². The average Bonchev–Trinajstić information content (AvgIpc) is 2.65. The lowest BCUT2D eigenvalue weighted by Gasteiger charge is -2.34. The Morgan fingerprint density at radius 1 is 1.00 bits per heavy atom. The van der Waals surface area contributed by atoms with Gasteiger partial charge in [-0.05, 0) is 61.9 Å². The third-order valence-corrected chi connectivity index (χ3v) is 4.95. The summed E-state index contributed by atoms with van der Waals surface area (Å²) in [5.41, 5.74) is 1.33. The van der Waals surface area contributed by atoms with Gasteiger partial charge in [-0.1, -0.05) is 30.3 Å². The number of piperidine rings is 1. The molecule has 2 aromatic carbocycles. The zero-order valence-electron chi connectivity index (χ0n) is 16.5. The van der Waals surface area contributed by atoms with Crippen LogP contribution in [-0.4, -0.2) is 42.8 Å². The number of rotatable bonds is 2. The van der Waals surface area contributed by atoms with E-state index in [1.165, 1.54) is 12.7 Å². The topological polar surface area (TPSA) is 55.8 Å². The van der Waals surface area contributed by atoms with Crippen molar-refractivity contribution in [3.8, 4) is 0 Å². The maximum Gasteiger partial charge on any atom is 0.410 e. The van der Waals surface area contributed by atoms with Crippen molar-refractivity contribution in [2.45, 2.75) is 45.1 Å². The van der Waals surface area contributed by atoms with Gasteiger partial charge < -0.3 is 14.4 Å². The lowest BCUT2D eigenvalue weighted by Crippen LogP contribution is -2.41. The number of methoxy groups -OCH3 is 1. The van der Waals surface area contributed by atoms with E-state index in [9.17, 15) is 9.59 Å². The second-order valence-electron chi connectivity index (χ2n) is 7.98. The molecule has 1 heterocycles. The summed E-state index contributed by atoms with van der Waals surface area (Å²) >= 11 is 0. The number of carbonyl (C=O) groups excluding carboxylic acids is 2. The fourth-order valence-electron chi connectivity index (χ4n) is 3.68. The third kappa shape index (κ3) is 4.24. The van der Waals surface area contributed by atoms with Crippen molar-refractivity contribution in [2.75, 3.05) is 20.2 Å². The Morgan fingerprint density at radius 3 is 2.26 bits per heavy atom. The van der Waals surface area contributed by atoms with Gasteiger partial charge in [0, 0.05) is 13.1 Å². The van der Waals surface area contributed by atoms with Crippen LogP contribution in [0.3, 0.4) is 0 Å². The summed E-state index contributed by atoms with van der Waals surface area (Å²) in [6.45, 7) is 6.99. The Hall–Kier alpha value is -2.56. The van der Waals surface area contributed by atoms with Crippen LogP contribution in [-0.2, 0) is 9.47 Å². The second kappa shape index (κ2) is 7.59. The van der Waals surface area contributed by atoms with E-state index in [1.54, 1.807) is 11.0 Å². The number of hydrogen-bond donors (Lipinski definition) is 0. The van der Waals surface area contributed by atoms with E-state index in [0.717, 1.165) is 23.6 Å². The fraction of sp³-hybridized carbons (Fsp3) is 0.455. The molecule has 0 bridgehead atoms. The van der Waals surface area contributed by atoms with Crippen LogP contribution >= 0.6 is 0 Å². The number of carbonyl (C=O) groups is 2. The summed E-state index contributed by atoms with van der Waals surface area (Å²) < 4.78 is 10.4. The maximum absolute atomic E-state index is 12.3. The summed E-state index contributed by atoms with van der Waals surface area (Å²) in [5.74, 6) is 0.0257. The van der Waals surface area contributed by atoms with Crippen LogP contribution in [0.4, 0.5) is 4.79 Å². The first-order valence-corrected chi connectivity index (χ1v) is 9.38. The highest BCUT2D eigenvalue weighted by atomic mass is 16.6. The number of ether oxygens (including phenoxy) is 2. The lowest BCUT2D eigenvalue weighted by molar-refractivity contribution is 0.0205. The zero-order chi connectivity index (χ0) is 19.6. The summed E-state index contributed by atoms with van der Waals surface area (Å²) in [5, 5.41) is 1.99. The number of benzene rings is 2. The molecule has 1 aliphatic rings. The van der Waals surface area contributed by atoms with Crippen molar-refractivity contribution in [1.82, 2.24) is 4.90 Å². The van der Waals surface area contributed by atoms with Gasteiger partial charge in [-0.2, -0.15) is 0 Å². The molecule has 144 valence electrons. The molecule has 0 spiro atoms. The van der Waals surface area contributed by atoms with Gasteiger partial charge in [0.2, 0.25) is 0 Å². The molecule has 1 fully saturated rings. The minimum atomic E-state index is -0.478. The molecule has 1 aliphatic heterocycles. The molecule has 1 amide bonds. The molecule has 0 atom stereocenters. The largest absolute Gasteiger partial charge is 0.465 e. The van der Waals surface area contributed by atoms with Crippen molar-refractivity contribution in [3.63, 3.8) is 0 Å². The van der Waals surface area contributed by atoms with E-state index < -0.39 is 5.60 Å². The number of hydrogen-bond acceptors (Lipinski definition) is 4. The molecule has 5 nitrogen and oxygen atoms in total. The predicted octanol–water partition coefficient (Wildman–Crippen LogP) is 4.74. The molecule has 0 unspecified atom stereocenters. The SMILES string of the molecule is COC(=O)c1cccc2c(C3CCN(C(=O)OC(C)(C)C)CC3)cccc12. The smallest absolute Gasteiger partial charge is 0.410 e. The van der Waals surface area contributed by atoms with E-state index in [4.69, 9.17) is 9.47 Å². The van der Waals surface area contributed by atoms with E-state index in [1.807, 2.05) is 39.0 Å². The third-order valence-electron chi connectivity index (χ3n) is 4.95. The summed E-state index contributed by atoms with van der Waals surface area (Å²) in [7, 11) is 1.40. The van der Waals surface area contributed by atoms with Crippen molar-refractivity contribution in [2.24, 2.45) is 0 Å². The van der Waals surface area contributed by atoms with Crippen LogP contribution in [0.15, 0.2) is 36.4 Å². The molecule has 2 aromatic rings. The highest BCUT2D eigenvalue weighted by Gasteiger charge is 2.28. The number of esters is 1. The Bertz CT molecular complexity index is 845. The Balaban J connectivity index is 1.80. The van der Waals surface area contributed by atoms with Gasteiger partial charge in [0.05, 0.1) is 12.7 Å². The van der Waals surface area contributed by atoms with Crippen molar-refractivity contribution >= 4 is 22.8 Å². The highest BCUT2D eigenvalue weighted by Crippen LogP contribution is 2.34. The average molecular weight is 369 g/mol. The van der Waals surface area contributed by atoms with Gasteiger partial charge in [-0.3, -0.25) is 0 Å². The number of likely N-dealkylation sites (tertiary alicyclic amines) is 1. The minimum Gasteiger partial charge on any atom is -0.465 e. The van der Waals surface area contributed by atoms with E-state index >= 15 is 0 Å². The monoisotopic (exact) mass is 369 g/mol. The van der Waals surface area contributed by atoms with E-state index in [2.05, 4.69) is 12.1 Å². The number of amides is 1. The lowest BCUT2D eigenvalue weighted by atomic mass is 9.85. The van der Waals surface area contributed by atoms with Crippen molar-refractivity contribution in [3.05, 3.63) is 47.5 Å². The second-order valence-corrected chi connectivity index (χ2v) is 7.98. The molecule has 1 saturated heterocycles. The Morgan fingerprint density at radius 2 is 1.63 bits per heavy atom. The normalized spacial score (nSPS) is 15.6. The molecular formula is C22H27NO4. The molecule has 5 heteroatoms. The van der Waals surface area contributed by atoms with E-state index in [0.29, 0.717) is 24.6 Å². The predicted molar refractivity (Wildman–Crippen MR) is 105 cm³/mol.